The van der Waals surface area contributed by atoms with Gasteiger partial charge < -0.3 is 14.7 Å². The first kappa shape index (κ1) is 14.1. The molecule has 24 heavy (non-hydrogen) atoms. The third-order valence-corrected chi connectivity index (χ3v) is 6.46. The Morgan fingerprint density at radius 1 is 1.33 bits per heavy atom. The van der Waals surface area contributed by atoms with E-state index in [1.807, 2.05) is 29.2 Å². The van der Waals surface area contributed by atoms with Gasteiger partial charge in [-0.3, -0.25) is 9.59 Å². The lowest BCUT2D eigenvalue weighted by molar-refractivity contribution is -0.142. The van der Waals surface area contributed by atoms with Gasteiger partial charge in [-0.15, -0.1) is 0 Å². The van der Waals surface area contributed by atoms with Gasteiger partial charge in [0, 0.05) is 12.0 Å². The maximum absolute atomic E-state index is 12.8. The summed E-state index contributed by atoms with van der Waals surface area (Å²) in [6.07, 6.45) is 4.33. The van der Waals surface area contributed by atoms with Gasteiger partial charge in [0.05, 0.1) is 24.8 Å². The molecule has 0 bridgehead atoms. The third kappa shape index (κ3) is 1.60. The molecule has 1 amide bonds. The van der Waals surface area contributed by atoms with Crippen molar-refractivity contribution >= 4 is 23.1 Å². The summed E-state index contributed by atoms with van der Waals surface area (Å²) in [5.41, 5.74) is 2.88. The number of hydrogen-bond donors (Lipinski definition) is 1. The van der Waals surface area contributed by atoms with Crippen molar-refractivity contribution in [3.8, 4) is 5.75 Å². The predicted molar refractivity (Wildman–Crippen MR) is 87.7 cm³/mol. The molecule has 5 nitrogen and oxygen atoms in total. The first-order chi connectivity index (χ1) is 11.6. The summed E-state index contributed by atoms with van der Waals surface area (Å²) < 4.78 is 5.34. The smallest absolute Gasteiger partial charge is 0.310 e. The Morgan fingerprint density at radius 3 is 2.92 bits per heavy atom. The van der Waals surface area contributed by atoms with Crippen molar-refractivity contribution in [1.29, 1.82) is 0 Å². The van der Waals surface area contributed by atoms with Crippen molar-refractivity contribution in [2.75, 3.05) is 12.0 Å². The zero-order valence-electron chi connectivity index (χ0n) is 13.4. The Labute approximate surface area is 139 Å². The molecule has 5 rings (SSSR count). The number of ether oxygens (including phenoxy) is 1. The molecule has 2 aliphatic heterocycles. The summed E-state index contributed by atoms with van der Waals surface area (Å²) in [6, 6.07) is 5.76. The van der Waals surface area contributed by atoms with Gasteiger partial charge in [-0.1, -0.05) is 6.08 Å². The number of fused-ring (bicyclic) bond motifs is 3. The quantitative estimate of drug-likeness (QED) is 0.907. The number of anilines is 1. The van der Waals surface area contributed by atoms with Crippen LogP contribution in [0.15, 0.2) is 24.3 Å². The molecule has 0 unspecified atom stereocenters. The van der Waals surface area contributed by atoms with Gasteiger partial charge in [0.25, 0.3) is 0 Å². The summed E-state index contributed by atoms with van der Waals surface area (Å²) in [5, 5.41) is 9.73. The molecule has 0 radical (unpaired) electrons. The fourth-order valence-corrected chi connectivity index (χ4v) is 5.57. The molecule has 1 N–H and O–H groups in total. The summed E-state index contributed by atoms with van der Waals surface area (Å²) in [7, 11) is 1.62. The molecular weight excluding hydrogens is 306 g/mol. The minimum Gasteiger partial charge on any atom is -0.497 e. The van der Waals surface area contributed by atoms with Gasteiger partial charge in [-0.05, 0) is 54.4 Å². The van der Waals surface area contributed by atoms with E-state index in [4.69, 9.17) is 4.74 Å². The molecule has 2 aliphatic carbocycles. The molecule has 1 aromatic carbocycles. The summed E-state index contributed by atoms with van der Waals surface area (Å²) >= 11 is 0. The van der Waals surface area contributed by atoms with Gasteiger partial charge in [-0.25, -0.2) is 0 Å². The molecular formula is C19H19NO4. The number of aliphatic carboxylic acids is 1. The highest BCUT2D eigenvalue weighted by atomic mass is 16.5. The van der Waals surface area contributed by atoms with E-state index < -0.39 is 11.9 Å². The maximum atomic E-state index is 12.8. The predicted octanol–water partition coefficient (Wildman–Crippen LogP) is 2.55. The molecule has 5 atom stereocenters. The van der Waals surface area contributed by atoms with Crippen LogP contribution >= 0.6 is 0 Å². The fraction of sp³-hybridized carbons (Fsp3) is 0.474. The zero-order valence-corrected chi connectivity index (χ0v) is 13.4. The van der Waals surface area contributed by atoms with E-state index >= 15 is 0 Å². The second kappa shape index (κ2) is 4.62. The summed E-state index contributed by atoms with van der Waals surface area (Å²) in [6.45, 7) is 0. The van der Waals surface area contributed by atoms with Crippen LogP contribution in [0.3, 0.4) is 0 Å². The van der Waals surface area contributed by atoms with Crippen LogP contribution in [0.2, 0.25) is 0 Å². The van der Waals surface area contributed by atoms with E-state index in [0.29, 0.717) is 12.3 Å². The number of nitrogens with zero attached hydrogens (tertiary/aromatic N) is 1. The second-order valence-electron chi connectivity index (χ2n) is 7.36. The molecule has 0 aromatic heterocycles. The Hall–Kier alpha value is -2.30. The number of methoxy groups -OCH3 is 1. The van der Waals surface area contributed by atoms with Crippen molar-refractivity contribution in [3.05, 3.63) is 29.8 Å². The second-order valence-corrected chi connectivity index (χ2v) is 7.36. The highest BCUT2D eigenvalue weighted by Gasteiger charge is 2.58. The number of benzene rings is 1. The molecule has 4 aliphatic rings. The standard InChI is InChI=1S/C19H19NO4/c1-24-10-3-5-15-12(7-10)13-8-14(19(22)23)11-4-2-9-6-16(21)20(15)18(13)17(9)11/h3,5,7-9,11,14,17-18H,2,4,6H2,1H3,(H,22,23)/t9-,11+,14-,17+,18+/m1/s1. The van der Waals surface area contributed by atoms with Crippen LogP contribution in [-0.2, 0) is 9.59 Å². The largest absolute Gasteiger partial charge is 0.497 e. The van der Waals surface area contributed by atoms with Gasteiger partial charge >= 0.3 is 5.97 Å². The van der Waals surface area contributed by atoms with Crippen LogP contribution < -0.4 is 9.64 Å². The lowest BCUT2D eigenvalue weighted by Crippen LogP contribution is -2.53. The van der Waals surface area contributed by atoms with Crippen LogP contribution in [0.1, 0.15) is 24.8 Å². The van der Waals surface area contributed by atoms with E-state index in [0.717, 1.165) is 35.4 Å². The highest BCUT2D eigenvalue weighted by molar-refractivity contribution is 6.06. The maximum Gasteiger partial charge on any atom is 0.310 e. The average molecular weight is 325 g/mol. The minimum absolute atomic E-state index is 0.0152. The fourth-order valence-electron chi connectivity index (χ4n) is 5.57. The average Bonchev–Trinajstić information content (AvgIpc) is 3.12. The van der Waals surface area contributed by atoms with E-state index in [-0.39, 0.29) is 23.8 Å². The van der Waals surface area contributed by atoms with E-state index in [9.17, 15) is 14.7 Å². The normalized spacial score (nSPS) is 35.4. The molecule has 2 fully saturated rings. The topological polar surface area (TPSA) is 66.8 Å². The Balaban J connectivity index is 1.74. The zero-order chi connectivity index (χ0) is 16.6. The van der Waals surface area contributed by atoms with Crippen molar-refractivity contribution in [1.82, 2.24) is 0 Å². The highest BCUT2D eigenvalue weighted by Crippen LogP contribution is 2.59. The van der Waals surface area contributed by atoms with Crippen LogP contribution in [0.4, 0.5) is 5.69 Å². The SMILES string of the molecule is COc1ccc2c(c1)C1=C[C@@H](C(=O)O)[C@@H]3CC[C@@H]4CC(=O)N2[C@@H]1[C@@H]43. The van der Waals surface area contributed by atoms with Crippen LogP contribution in [0.25, 0.3) is 5.57 Å². The first-order valence-electron chi connectivity index (χ1n) is 8.55. The monoisotopic (exact) mass is 325 g/mol. The number of carboxylic acid groups (broad SMARTS) is 1. The first-order valence-corrected chi connectivity index (χ1v) is 8.55. The van der Waals surface area contributed by atoms with Crippen molar-refractivity contribution < 1.29 is 19.4 Å². The van der Waals surface area contributed by atoms with Crippen molar-refractivity contribution in [3.63, 3.8) is 0 Å². The van der Waals surface area contributed by atoms with E-state index in [1.54, 1.807) is 7.11 Å². The number of carbonyl (C=O) groups excluding carboxylic acids is 1. The van der Waals surface area contributed by atoms with Gasteiger partial charge in [-0.2, -0.15) is 0 Å². The molecule has 124 valence electrons. The van der Waals surface area contributed by atoms with Gasteiger partial charge in [0.15, 0.2) is 0 Å². The van der Waals surface area contributed by atoms with E-state index in [1.165, 1.54) is 0 Å². The molecule has 1 saturated carbocycles. The molecule has 0 spiro atoms. The lowest BCUT2D eigenvalue weighted by Gasteiger charge is -2.45. The Kier molecular flexibility index (Phi) is 2.71. The summed E-state index contributed by atoms with van der Waals surface area (Å²) in [5.74, 6) is 0.454. The number of carbonyl (C=O) groups is 2. The van der Waals surface area contributed by atoms with Crippen LogP contribution in [-0.4, -0.2) is 30.1 Å². The number of hydrogen-bond acceptors (Lipinski definition) is 3. The number of piperidine rings is 1. The van der Waals surface area contributed by atoms with E-state index in [2.05, 4.69) is 0 Å². The van der Waals surface area contributed by atoms with Gasteiger partial charge in [0.1, 0.15) is 5.75 Å². The third-order valence-electron chi connectivity index (χ3n) is 6.46. The van der Waals surface area contributed by atoms with Crippen molar-refractivity contribution in [2.24, 2.45) is 23.7 Å². The van der Waals surface area contributed by atoms with Crippen molar-refractivity contribution in [2.45, 2.75) is 25.3 Å². The molecule has 2 heterocycles. The Morgan fingerprint density at radius 2 is 2.17 bits per heavy atom. The van der Waals surface area contributed by atoms with Crippen LogP contribution in [0.5, 0.6) is 5.75 Å². The number of carboxylic acids is 1. The Bertz CT molecular complexity index is 799. The number of rotatable bonds is 2. The molecule has 1 aromatic rings. The lowest BCUT2D eigenvalue weighted by atomic mass is 9.67. The van der Waals surface area contributed by atoms with Crippen LogP contribution in [0, 0.1) is 23.7 Å². The number of amides is 1. The summed E-state index contributed by atoms with van der Waals surface area (Å²) in [4.78, 5) is 26.5. The molecule has 1 saturated heterocycles. The van der Waals surface area contributed by atoms with Gasteiger partial charge in [0.2, 0.25) is 5.91 Å². The minimum atomic E-state index is -0.744. The molecule has 5 heteroatoms.